The summed E-state index contributed by atoms with van der Waals surface area (Å²) in [6.45, 7) is 10.9. The molecule has 32 heavy (non-hydrogen) atoms. The van der Waals surface area contributed by atoms with Crippen molar-refractivity contribution in [2.24, 2.45) is 0 Å². The van der Waals surface area contributed by atoms with E-state index in [1.165, 1.54) is 0 Å². The molecule has 0 aliphatic carbocycles. The number of aliphatic hydroxyl groups is 1. The van der Waals surface area contributed by atoms with Crippen molar-refractivity contribution in [3.63, 3.8) is 0 Å². The van der Waals surface area contributed by atoms with Crippen molar-refractivity contribution < 1.29 is 28.9 Å². The fourth-order valence-electron chi connectivity index (χ4n) is 2.55. The average molecular weight is 444 g/mol. The summed E-state index contributed by atoms with van der Waals surface area (Å²) in [7, 11) is 0. The first kappa shape index (κ1) is 27.0. The highest BCUT2D eigenvalue weighted by Crippen LogP contribution is 2.28. The van der Waals surface area contributed by atoms with Gasteiger partial charge in [0, 0.05) is 23.2 Å². The van der Waals surface area contributed by atoms with Crippen LogP contribution in [0.2, 0.25) is 0 Å². The number of rotatable bonds is 7. The number of nitrogens with one attached hydrogen (secondary N) is 1. The molecule has 1 amide bonds. The van der Waals surface area contributed by atoms with E-state index in [4.69, 9.17) is 20.6 Å². The van der Waals surface area contributed by atoms with Crippen molar-refractivity contribution in [3.05, 3.63) is 29.3 Å². The van der Waals surface area contributed by atoms with Crippen molar-refractivity contribution in [1.29, 1.82) is 0 Å². The monoisotopic (exact) mass is 443 g/mol. The molecule has 0 radical (unpaired) electrons. The molecular weight excluding hydrogens is 410 g/mol. The van der Waals surface area contributed by atoms with Crippen molar-refractivity contribution in [3.8, 4) is 24.2 Å². The lowest BCUT2D eigenvalue weighted by molar-refractivity contribution is -0.155. The second-order valence-corrected chi connectivity index (χ2v) is 9.07. The summed E-state index contributed by atoms with van der Waals surface area (Å²) >= 11 is 0. The van der Waals surface area contributed by atoms with Crippen LogP contribution in [0.3, 0.4) is 0 Å². The van der Waals surface area contributed by atoms with Crippen molar-refractivity contribution in [1.82, 2.24) is 0 Å². The number of esters is 1. The number of terminal acetylenes is 1. The molecule has 1 unspecified atom stereocenters. The molecule has 2 N–H and O–H groups in total. The molecule has 0 aromatic heterocycles. The summed E-state index contributed by atoms with van der Waals surface area (Å²) in [5.74, 6) is 7.70. The molecule has 7 heteroatoms. The van der Waals surface area contributed by atoms with E-state index in [0.717, 1.165) is 0 Å². The smallest absolute Gasteiger partial charge is 0.412 e. The molecule has 1 aromatic carbocycles. The topological polar surface area (TPSA) is 94.1 Å². The first-order chi connectivity index (χ1) is 14.8. The second kappa shape index (κ2) is 12.1. The number of ether oxygens (including phenoxy) is 3. The zero-order chi connectivity index (χ0) is 24.4. The number of hydrogen-bond donors (Lipinski definition) is 2. The maximum atomic E-state index is 12.2. The van der Waals surface area contributed by atoms with Crippen LogP contribution in [0, 0.1) is 24.2 Å². The van der Waals surface area contributed by atoms with Crippen molar-refractivity contribution in [2.45, 2.75) is 71.7 Å². The van der Waals surface area contributed by atoms with Gasteiger partial charge in [-0.05, 0) is 66.2 Å². The highest BCUT2D eigenvalue weighted by molar-refractivity contribution is 5.86. The normalized spacial score (nSPS) is 12.1. The maximum Gasteiger partial charge on any atom is 0.412 e. The van der Waals surface area contributed by atoms with Gasteiger partial charge < -0.3 is 19.3 Å². The lowest BCUT2D eigenvalue weighted by Gasteiger charge is -2.22. The van der Waals surface area contributed by atoms with Gasteiger partial charge in [-0.15, -0.1) is 6.42 Å². The minimum Gasteiger partial charge on any atom is -0.460 e. The third-order valence-corrected chi connectivity index (χ3v) is 3.68. The lowest BCUT2D eigenvalue weighted by atomic mass is 10.00. The average Bonchev–Trinajstić information content (AvgIpc) is 2.64. The molecule has 0 aliphatic heterocycles. The Balaban J connectivity index is 3.04. The van der Waals surface area contributed by atoms with Crippen LogP contribution in [0.15, 0.2) is 18.2 Å². The van der Waals surface area contributed by atoms with E-state index in [0.29, 0.717) is 16.8 Å². The zero-order valence-electron chi connectivity index (χ0n) is 19.7. The molecule has 1 rings (SSSR count). The Hall–Kier alpha value is -3.00. The Kier molecular flexibility index (Phi) is 10.3. The second-order valence-electron chi connectivity index (χ2n) is 9.07. The molecule has 0 saturated carbocycles. The summed E-state index contributed by atoms with van der Waals surface area (Å²) < 4.78 is 15.7. The Labute approximate surface area is 190 Å². The van der Waals surface area contributed by atoms with Gasteiger partial charge >= 0.3 is 12.1 Å². The summed E-state index contributed by atoms with van der Waals surface area (Å²) in [5, 5.41) is 13.4. The number of amides is 1. The number of carbonyl (C=O) groups excluding carboxylic acids is 2. The number of hydrogen-bond acceptors (Lipinski definition) is 6. The van der Waals surface area contributed by atoms with Gasteiger partial charge in [0.2, 0.25) is 0 Å². The first-order valence-electron chi connectivity index (χ1n) is 10.3. The van der Waals surface area contributed by atoms with E-state index in [1.54, 1.807) is 59.7 Å². The largest absolute Gasteiger partial charge is 0.460 e. The molecule has 1 atom stereocenters. The van der Waals surface area contributed by atoms with Gasteiger partial charge in [-0.3, -0.25) is 10.1 Å². The molecule has 0 bridgehead atoms. The van der Waals surface area contributed by atoms with E-state index < -0.39 is 29.4 Å². The van der Waals surface area contributed by atoms with Crippen LogP contribution in [-0.2, 0) is 19.0 Å². The standard InChI is InChI=1S/C25H33NO6/c1-8-15-30-16-9-10-18-11-12-20(26-23(29)32-25(5,6)7)19(17-18)21(27)13-14-22(28)31-24(2,3)4/h1,11-12,17,21,27H,13-16H2,2-7H3,(H,26,29). The van der Waals surface area contributed by atoms with Crippen LogP contribution in [0.25, 0.3) is 0 Å². The van der Waals surface area contributed by atoms with E-state index in [9.17, 15) is 14.7 Å². The highest BCUT2D eigenvalue weighted by Gasteiger charge is 2.22. The predicted octanol–water partition coefficient (Wildman–Crippen LogP) is 4.19. The van der Waals surface area contributed by atoms with Crippen LogP contribution in [0.5, 0.6) is 0 Å². The molecule has 0 heterocycles. The van der Waals surface area contributed by atoms with Gasteiger partial charge in [0.05, 0.1) is 6.10 Å². The van der Waals surface area contributed by atoms with Gasteiger partial charge in [-0.2, -0.15) is 0 Å². The molecule has 1 aromatic rings. The van der Waals surface area contributed by atoms with Crippen molar-refractivity contribution >= 4 is 17.7 Å². The predicted molar refractivity (Wildman–Crippen MR) is 123 cm³/mol. The van der Waals surface area contributed by atoms with Crippen LogP contribution in [-0.4, -0.2) is 41.6 Å². The summed E-state index contributed by atoms with van der Waals surface area (Å²) in [4.78, 5) is 24.3. The molecule has 174 valence electrons. The minimum atomic E-state index is -1.04. The molecule has 0 spiro atoms. The fraction of sp³-hybridized carbons (Fsp3) is 0.520. The number of anilines is 1. The Bertz CT molecular complexity index is 890. The minimum absolute atomic E-state index is 0.0140. The van der Waals surface area contributed by atoms with E-state index >= 15 is 0 Å². The number of benzene rings is 1. The highest BCUT2D eigenvalue weighted by atomic mass is 16.6. The lowest BCUT2D eigenvalue weighted by Crippen LogP contribution is -2.27. The van der Waals surface area contributed by atoms with Gasteiger partial charge in [0.15, 0.2) is 0 Å². The molecule has 0 fully saturated rings. The zero-order valence-corrected chi connectivity index (χ0v) is 19.7. The Morgan fingerprint density at radius 2 is 1.75 bits per heavy atom. The third kappa shape index (κ3) is 11.4. The summed E-state index contributed by atoms with van der Waals surface area (Å²) in [6.07, 6.45) is 3.56. The SMILES string of the molecule is C#CCOCC#Cc1ccc(NC(=O)OC(C)(C)C)c(C(O)CCC(=O)OC(C)(C)C)c1. The number of carbonyl (C=O) groups is 2. The van der Waals surface area contributed by atoms with Crippen LogP contribution in [0.1, 0.15) is 71.6 Å². The van der Waals surface area contributed by atoms with Crippen LogP contribution < -0.4 is 5.32 Å². The molecule has 0 aliphatic rings. The summed E-state index contributed by atoms with van der Waals surface area (Å²) in [5.41, 5.74) is 0.0995. The summed E-state index contributed by atoms with van der Waals surface area (Å²) in [6, 6.07) is 4.98. The van der Waals surface area contributed by atoms with Gasteiger partial charge in [0.1, 0.15) is 24.4 Å². The first-order valence-corrected chi connectivity index (χ1v) is 10.3. The quantitative estimate of drug-likeness (QED) is 0.373. The van der Waals surface area contributed by atoms with Crippen molar-refractivity contribution in [2.75, 3.05) is 18.5 Å². The van der Waals surface area contributed by atoms with Gasteiger partial charge in [-0.25, -0.2) is 4.79 Å². The van der Waals surface area contributed by atoms with Gasteiger partial charge in [0.25, 0.3) is 0 Å². The Morgan fingerprint density at radius 3 is 2.34 bits per heavy atom. The van der Waals surface area contributed by atoms with E-state index in [-0.39, 0.29) is 26.1 Å². The fourth-order valence-corrected chi connectivity index (χ4v) is 2.55. The number of aliphatic hydroxyl groups excluding tert-OH is 1. The van der Waals surface area contributed by atoms with Gasteiger partial charge in [-0.1, -0.05) is 17.8 Å². The van der Waals surface area contributed by atoms with E-state index in [2.05, 4.69) is 23.1 Å². The Morgan fingerprint density at radius 1 is 1.09 bits per heavy atom. The molecule has 0 saturated heterocycles. The van der Waals surface area contributed by atoms with Crippen LogP contribution >= 0.6 is 0 Å². The van der Waals surface area contributed by atoms with Crippen LogP contribution in [0.4, 0.5) is 10.5 Å². The third-order valence-electron chi connectivity index (χ3n) is 3.68. The van der Waals surface area contributed by atoms with E-state index in [1.807, 2.05) is 0 Å². The molecule has 7 nitrogen and oxygen atoms in total. The molecular formula is C25H33NO6. The maximum absolute atomic E-state index is 12.2.